The Morgan fingerprint density at radius 2 is 1.41 bits per heavy atom. The van der Waals surface area contributed by atoms with Gasteiger partial charge in [-0.1, -0.05) is 6.42 Å². The summed E-state index contributed by atoms with van der Waals surface area (Å²) in [7, 11) is 0. The molecule has 7 aliphatic rings. The number of fused-ring (bicyclic) bond motifs is 5. The van der Waals surface area contributed by atoms with Crippen molar-refractivity contribution in [3.63, 3.8) is 0 Å². The third-order valence-corrected chi connectivity index (χ3v) is 8.52. The summed E-state index contributed by atoms with van der Waals surface area (Å²) in [4.78, 5) is 0. The average molecular weight is 378 g/mol. The molecule has 0 amide bonds. The summed E-state index contributed by atoms with van der Waals surface area (Å²) in [6, 6.07) is 0. The maximum absolute atomic E-state index is 6.40. The fourth-order valence-corrected chi connectivity index (χ4v) is 7.16. The van der Waals surface area contributed by atoms with Gasteiger partial charge in [0.15, 0.2) is 0 Å². The molecule has 0 aromatic rings. The van der Waals surface area contributed by atoms with Gasteiger partial charge in [0.25, 0.3) is 0 Å². The van der Waals surface area contributed by atoms with Gasteiger partial charge in [0, 0.05) is 10.8 Å². The van der Waals surface area contributed by atoms with Crippen LogP contribution in [0, 0.1) is 16.7 Å². The lowest BCUT2D eigenvalue weighted by Crippen LogP contribution is -2.58. The third kappa shape index (κ3) is 2.60. The van der Waals surface area contributed by atoms with E-state index in [1.54, 1.807) is 0 Å². The van der Waals surface area contributed by atoms with Gasteiger partial charge in [-0.05, 0) is 38.0 Å². The molecule has 0 radical (unpaired) electrons. The summed E-state index contributed by atoms with van der Waals surface area (Å²) in [5.41, 5.74) is 0.248. The molecule has 6 saturated heterocycles. The van der Waals surface area contributed by atoms with Crippen molar-refractivity contribution in [1.29, 1.82) is 0 Å². The van der Waals surface area contributed by atoms with Crippen LogP contribution in [0.4, 0.5) is 0 Å². The largest absolute Gasteiger partial charge is 0.376 e. The predicted octanol–water partition coefficient (Wildman–Crippen LogP) is 1.69. The van der Waals surface area contributed by atoms with Gasteiger partial charge in [0.2, 0.25) is 0 Å². The average Bonchev–Trinajstić information content (AvgIpc) is 3.47. The first-order valence-corrected chi connectivity index (χ1v) is 11.0. The second-order valence-corrected chi connectivity index (χ2v) is 10.0. The molecule has 150 valence electrons. The summed E-state index contributed by atoms with van der Waals surface area (Å²) < 4.78 is 36.0. The monoisotopic (exact) mass is 378 g/mol. The first kappa shape index (κ1) is 16.5. The van der Waals surface area contributed by atoms with Gasteiger partial charge in [0.1, 0.15) is 12.2 Å². The number of rotatable bonds is 6. The molecule has 6 heterocycles. The highest BCUT2D eigenvalue weighted by Crippen LogP contribution is 2.71. The number of hydrogen-bond donors (Lipinski definition) is 0. The zero-order chi connectivity index (χ0) is 17.6. The van der Waals surface area contributed by atoms with Gasteiger partial charge in [-0.25, -0.2) is 0 Å². The van der Waals surface area contributed by atoms with E-state index in [1.807, 2.05) is 0 Å². The fourth-order valence-electron chi connectivity index (χ4n) is 7.16. The Balaban J connectivity index is 1.35. The van der Waals surface area contributed by atoms with Crippen LogP contribution >= 0.6 is 0 Å². The Bertz CT molecular complexity index is 616. The summed E-state index contributed by atoms with van der Waals surface area (Å²) >= 11 is 0. The van der Waals surface area contributed by atoms with E-state index in [2.05, 4.69) is 0 Å². The molecule has 6 heteroatoms. The number of hydrogen-bond acceptors (Lipinski definition) is 6. The molecular weight excluding hydrogens is 348 g/mol. The van der Waals surface area contributed by atoms with Gasteiger partial charge in [-0.2, -0.15) is 0 Å². The van der Waals surface area contributed by atoms with Gasteiger partial charge in [-0.15, -0.1) is 0 Å². The van der Waals surface area contributed by atoms with Crippen LogP contribution in [-0.4, -0.2) is 75.8 Å². The maximum Gasteiger partial charge on any atom is 0.108 e. The Kier molecular flexibility index (Phi) is 3.48. The van der Waals surface area contributed by atoms with Crippen molar-refractivity contribution in [2.45, 2.75) is 81.3 Å². The van der Waals surface area contributed by atoms with Crippen molar-refractivity contribution in [2.24, 2.45) is 16.7 Å². The highest BCUT2D eigenvalue weighted by Gasteiger charge is 2.75. The Labute approximate surface area is 160 Å². The van der Waals surface area contributed by atoms with E-state index >= 15 is 0 Å². The lowest BCUT2D eigenvalue weighted by atomic mass is 9.45. The molecule has 10 unspecified atom stereocenters. The van der Waals surface area contributed by atoms with Crippen LogP contribution in [0.3, 0.4) is 0 Å². The van der Waals surface area contributed by atoms with E-state index in [9.17, 15) is 0 Å². The standard InChI is InChI=1S/C21H30O6/c1-2-12(4-13-7-23-13)21(6-15-9-25-15)19-17(27-19)11-22-10-16-18(26-16)20(21,3-1)5-14-8-24-14/h12-19H,1-11H2. The summed E-state index contributed by atoms with van der Waals surface area (Å²) in [5.74, 6) is 0.625. The van der Waals surface area contributed by atoms with Crippen LogP contribution in [0.2, 0.25) is 0 Å². The quantitative estimate of drug-likeness (QED) is 0.655. The second kappa shape index (κ2) is 5.67. The van der Waals surface area contributed by atoms with Gasteiger partial charge in [0.05, 0.1) is 63.6 Å². The third-order valence-electron chi connectivity index (χ3n) is 8.52. The van der Waals surface area contributed by atoms with Gasteiger partial charge in [-0.3, -0.25) is 0 Å². The molecule has 1 saturated carbocycles. The molecule has 27 heavy (non-hydrogen) atoms. The van der Waals surface area contributed by atoms with Crippen LogP contribution in [0.5, 0.6) is 0 Å². The van der Waals surface area contributed by atoms with E-state index in [0.717, 1.165) is 39.3 Å². The molecule has 1 aliphatic carbocycles. The van der Waals surface area contributed by atoms with Gasteiger partial charge < -0.3 is 28.4 Å². The minimum atomic E-state index is 0.113. The molecule has 6 aliphatic heterocycles. The summed E-state index contributed by atoms with van der Waals surface area (Å²) in [5, 5.41) is 0. The number of ether oxygens (including phenoxy) is 6. The van der Waals surface area contributed by atoms with Crippen LogP contribution in [-0.2, 0) is 28.4 Å². The van der Waals surface area contributed by atoms with E-state index in [0.29, 0.717) is 36.9 Å². The molecule has 10 atom stereocenters. The topological polar surface area (TPSA) is 71.9 Å². The first-order chi connectivity index (χ1) is 13.3. The Morgan fingerprint density at radius 1 is 0.741 bits per heavy atom. The lowest BCUT2D eigenvalue weighted by molar-refractivity contribution is -0.122. The molecular formula is C21H30O6. The molecule has 7 fully saturated rings. The van der Waals surface area contributed by atoms with Crippen molar-refractivity contribution in [3.8, 4) is 0 Å². The zero-order valence-electron chi connectivity index (χ0n) is 15.8. The molecule has 7 rings (SSSR count). The van der Waals surface area contributed by atoms with Crippen LogP contribution in [0.25, 0.3) is 0 Å². The molecule has 0 aromatic carbocycles. The molecule has 0 N–H and O–H groups in total. The van der Waals surface area contributed by atoms with Gasteiger partial charge >= 0.3 is 0 Å². The van der Waals surface area contributed by atoms with Crippen molar-refractivity contribution >= 4 is 0 Å². The number of epoxide rings is 5. The molecule has 0 spiro atoms. The Hall–Kier alpha value is -0.240. The molecule has 0 bridgehead atoms. The van der Waals surface area contributed by atoms with Crippen molar-refractivity contribution in [1.82, 2.24) is 0 Å². The van der Waals surface area contributed by atoms with E-state index < -0.39 is 0 Å². The van der Waals surface area contributed by atoms with Crippen LogP contribution in [0.1, 0.15) is 38.5 Å². The normalized spacial score (nSPS) is 60.0. The minimum Gasteiger partial charge on any atom is -0.376 e. The molecule has 6 nitrogen and oxygen atoms in total. The van der Waals surface area contributed by atoms with Crippen LogP contribution < -0.4 is 0 Å². The van der Waals surface area contributed by atoms with E-state index in [-0.39, 0.29) is 29.1 Å². The van der Waals surface area contributed by atoms with E-state index in [4.69, 9.17) is 28.4 Å². The minimum absolute atomic E-state index is 0.113. The Morgan fingerprint density at radius 3 is 2.15 bits per heavy atom. The zero-order valence-corrected chi connectivity index (χ0v) is 15.8. The van der Waals surface area contributed by atoms with Crippen molar-refractivity contribution < 1.29 is 28.4 Å². The highest BCUT2D eigenvalue weighted by atomic mass is 16.6. The second-order valence-electron chi connectivity index (χ2n) is 10.0. The maximum atomic E-state index is 6.40. The molecule has 0 aromatic heterocycles. The smallest absolute Gasteiger partial charge is 0.108 e. The summed E-state index contributed by atoms with van der Waals surface area (Å²) in [6.45, 7) is 4.19. The fraction of sp³-hybridized carbons (Fsp3) is 1.00. The van der Waals surface area contributed by atoms with Crippen LogP contribution in [0.15, 0.2) is 0 Å². The highest BCUT2D eigenvalue weighted by molar-refractivity contribution is 5.22. The van der Waals surface area contributed by atoms with E-state index in [1.165, 1.54) is 25.7 Å². The van der Waals surface area contributed by atoms with Crippen molar-refractivity contribution in [2.75, 3.05) is 33.0 Å². The SMILES string of the molecule is C1CC(CC2CO2)C2(CC3CO3)C3OC3COCC3OC3C2(CC2CO2)C1. The predicted molar refractivity (Wildman–Crippen MR) is 93.4 cm³/mol. The first-order valence-electron chi connectivity index (χ1n) is 11.0. The van der Waals surface area contributed by atoms with Crippen molar-refractivity contribution in [3.05, 3.63) is 0 Å². The summed E-state index contributed by atoms with van der Waals surface area (Å²) in [6.07, 6.45) is 9.56. The lowest BCUT2D eigenvalue weighted by Gasteiger charge is -2.58.